The number of nitrogens with zero attached hydrogens (tertiary/aromatic N) is 1. The quantitative estimate of drug-likeness (QED) is 0.878. The van der Waals surface area contributed by atoms with Crippen molar-refractivity contribution in [2.24, 2.45) is 0 Å². The first-order valence-electron chi connectivity index (χ1n) is 8.20. The average molecular weight is 375 g/mol. The smallest absolute Gasteiger partial charge is 0.208 e. The van der Waals surface area contributed by atoms with Crippen molar-refractivity contribution >= 4 is 21.6 Å². The fraction of sp³-hybridized carbons (Fsp3) is 0.316. The number of hydrogen-bond acceptors (Lipinski definition) is 3. The Labute approximate surface area is 153 Å². The molecule has 2 aromatic carbocycles. The van der Waals surface area contributed by atoms with E-state index >= 15 is 0 Å². The molecule has 1 saturated carbocycles. The topological polar surface area (TPSA) is 70.0 Å². The van der Waals surface area contributed by atoms with E-state index in [-0.39, 0.29) is 10.9 Å². The van der Waals surface area contributed by atoms with E-state index in [1.54, 1.807) is 36.4 Å². The molecule has 0 aromatic heterocycles. The van der Waals surface area contributed by atoms with Crippen LogP contribution in [0.15, 0.2) is 59.5 Å². The summed E-state index contributed by atoms with van der Waals surface area (Å²) in [6, 6.07) is 18.0. The van der Waals surface area contributed by atoms with Crippen molar-refractivity contribution in [2.45, 2.75) is 42.0 Å². The molecular weight excluding hydrogens is 356 g/mol. The molecule has 1 aliphatic carbocycles. The van der Waals surface area contributed by atoms with Crippen LogP contribution in [-0.4, -0.2) is 14.5 Å². The SMILES string of the molecule is N#C[C@]1(c2cccc(Cl)c2)CC[C@H](NS(=O)(=O)c2ccccc2)CC1. The molecule has 1 aliphatic rings. The molecule has 0 aliphatic heterocycles. The Morgan fingerprint density at radius 1 is 1.08 bits per heavy atom. The predicted octanol–water partition coefficient (Wildman–Crippen LogP) is 4.02. The fourth-order valence-corrected chi connectivity index (χ4v) is 4.88. The number of halogens is 1. The maximum absolute atomic E-state index is 12.5. The number of rotatable bonds is 4. The molecule has 0 spiro atoms. The van der Waals surface area contributed by atoms with Crippen LogP contribution in [0, 0.1) is 11.3 Å². The minimum Gasteiger partial charge on any atom is -0.208 e. The van der Waals surface area contributed by atoms with Crippen LogP contribution < -0.4 is 4.72 Å². The van der Waals surface area contributed by atoms with Crippen molar-refractivity contribution in [1.82, 2.24) is 4.72 Å². The molecule has 1 fully saturated rings. The second-order valence-corrected chi connectivity index (χ2v) is 8.56. The molecular formula is C19H19ClN2O2S. The van der Waals surface area contributed by atoms with E-state index in [0.29, 0.717) is 30.7 Å². The molecule has 130 valence electrons. The Bertz CT molecular complexity index is 883. The maximum atomic E-state index is 12.5. The summed E-state index contributed by atoms with van der Waals surface area (Å²) in [4.78, 5) is 0.266. The largest absolute Gasteiger partial charge is 0.240 e. The van der Waals surface area contributed by atoms with Crippen LogP contribution in [0.2, 0.25) is 5.02 Å². The fourth-order valence-electron chi connectivity index (χ4n) is 3.37. The van der Waals surface area contributed by atoms with Gasteiger partial charge in [0.2, 0.25) is 10.0 Å². The second kappa shape index (κ2) is 7.17. The lowest BCUT2D eigenvalue weighted by Gasteiger charge is -2.35. The van der Waals surface area contributed by atoms with Gasteiger partial charge in [-0.05, 0) is 55.5 Å². The normalized spacial score (nSPS) is 23.8. The first-order valence-corrected chi connectivity index (χ1v) is 10.1. The molecule has 0 unspecified atom stereocenters. The Kier molecular flexibility index (Phi) is 5.14. The van der Waals surface area contributed by atoms with E-state index in [1.807, 2.05) is 18.2 Å². The molecule has 25 heavy (non-hydrogen) atoms. The highest BCUT2D eigenvalue weighted by atomic mass is 35.5. The molecule has 1 N–H and O–H groups in total. The number of nitriles is 1. The van der Waals surface area contributed by atoms with E-state index in [2.05, 4.69) is 10.8 Å². The lowest BCUT2D eigenvalue weighted by Crippen LogP contribution is -2.41. The summed E-state index contributed by atoms with van der Waals surface area (Å²) >= 11 is 6.07. The van der Waals surface area contributed by atoms with Crippen LogP contribution in [0.4, 0.5) is 0 Å². The summed E-state index contributed by atoms with van der Waals surface area (Å²) in [5, 5.41) is 10.4. The molecule has 3 rings (SSSR count). The predicted molar refractivity (Wildman–Crippen MR) is 97.8 cm³/mol. The van der Waals surface area contributed by atoms with Crippen LogP contribution >= 0.6 is 11.6 Å². The van der Waals surface area contributed by atoms with Crippen LogP contribution in [0.1, 0.15) is 31.2 Å². The summed E-state index contributed by atoms with van der Waals surface area (Å²) in [6.07, 6.45) is 2.44. The van der Waals surface area contributed by atoms with Gasteiger partial charge in [-0.1, -0.05) is 41.9 Å². The highest BCUT2D eigenvalue weighted by Crippen LogP contribution is 2.40. The summed E-state index contributed by atoms with van der Waals surface area (Å²) in [5.74, 6) is 0. The molecule has 0 bridgehead atoms. The molecule has 0 amide bonds. The monoisotopic (exact) mass is 374 g/mol. The number of benzene rings is 2. The third kappa shape index (κ3) is 3.87. The number of hydrogen-bond donors (Lipinski definition) is 1. The lowest BCUT2D eigenvalue weighted by molar-refractivity contribution is 0.318. The number of nitrogens with one attached hydrogen (secondary N) is 1. The Morgan fingerprint density at radius 2 is 1.76 bits per heavy atom. The minimum absolute atomic E-state index is 0.161. The average Bonchev–Trinajstić information content (AvgIpc) is 2.63. The van der Waals surface area contributed by atoms with Crippen molar-refractivity contribution in [1.29, 1.82) is 5.26 Å². The highest BCUT2D eigenvalue weighted by molar-refractivity contribution is 7.89. The third-order valence-corrected chi connectivity index (χ3v) is 6.58. The maximum Gasteiger partial charge on any atom is 0.240 e. The molecule has 0 atom stereocenters. The number of sulfonamides is 1. The van der Waals surface area contributed by atoms with E-state index in [1.165, 1.54) is 0 Å². The van der Waals surface area contributed by atoms with Gasteiger partial charge in [0, 0.05) is 11.1 Å². The van der Waals surface area contributed by atoms with Gasteiger partial charge in [0.1, 0.15) is 0 Å². The van der Waals surface area contributed by atoms with Crippen LogP contribution in [0.5, 0.6) is 0 Å². The molecule has 2 aromatic rings. The van der Waals surface area contributed by atoms with Gasteiger partial charge in [-0.15, -0.1) is 0 Å². The van der Waals surface area contributed by atoms with E-state index < -0.39 is 15.4 Å². The van der Waals surface area contributed by atoms with E-state index in [0.717, 1.165) is 5.56 Å². The first-order chi connectivity index (χ1) is 12.0. The van der Waals surface area contributed by atoms with E-state index in [9.17, 15) is 13.7 Å². The van der Waals surface area contributed by atoms with Gasteiger partial charge in [-0.2, -0.15) is 5.26 Å². The molecule has 4 nitrogen and oxygen atoms in total. The van der Waals surface area contributed by atoms with Crippen LogP contribution in [-0.2, 0) is 15.4 Å². The van der Waals surface area contributed by atoms with Gasteiger partial charge in [-0.25, -0.2) is 13.1 Å². The van der Waals surface area contributed by atoms with Crippen LogP contribution in [0.3, 0.4) is 0 Å². The zero-order valence-corrected chi connectivity index (χ0v) is 15.2. The van der Waals surface area contributed by atoms with Crippen molar-refractivity contribution in [3.63, 3.8) is 0 Å². The second-order valence-electron chi connectivity index (χ2n) is 6.41. The molecule has 0 heterocycles. The van der Waals surface area contributed by atoms with E-state index in [4.69, 9.17) is 11.6 Å². The minimum atomic E-state index is -3.53. The molecule has 0 radical (unpaired) electrons. The summed E-state index contributed by atoms with van der Waals surface area (Å²) in [6.45, 7) is 0. The van der Waals surface area contributed by atoms with Gasteiger partial charge in [0.25, 0.3) is 0 Å². The molecule has 0 saturated heterocycles. The Balaban J connectivity index is 1.72. The zero-order valence-electron chi connectivity index (χ0n) is 13.7. The highest BCUT2D eigenvalue weighted by Gasteiger charge is 2.38. The zero-order chi connectivity index (χ0) is 17.9. The van der Waals surface area contributed by atoms with Gasteiger partial charge >= 0.3 is 0 Å². The Hall–Kier alpha value is -1.87. The van der Waals surface area contributed by atoms with Crippen molar-refractivity contribution in [2.75, 3.05) is 0 Å². The van der Waals surface area contributed by atoms with Crippen molar-refractivity contribution < 1.29 is 8.42 Å². The van der Waals surface area contributed by atoms with Crippen molar-refractivity contribution in [3.05, 3.63) is 65.2 Å². The van der Waals surface area contributed by atoms with Gasteiger partial charge in [-0.3, -0.25) is 0 Å². The Morgan fingerprint density at radius 3 is 2.36 bits per heavy atom. The molecule has 6 heteroatoms. The van der Waals surface area contributed by atoms with Crippen LogP contribution in [0.25, 0.3) is 0 Å². The standard InChI is InChI=1S/C19H19ClN2O2S/c20-16-6-4-5-15(13-16)19(14-21)11-9-17(10-12-19)22-25(23,24)18-7-2-1-3-8-18/h1-8,13,17,22H,9-12H2/t17-,19-. The van der Waals surface area contributed by atoms with Gasteiger partial charge < -0.3 is 0 Å². The van der Waals surface area contributed by atoms with Gasteiger partial charge in [0.15, 0.2) is 0 Å². The first kappa shape index (κ1) is 17.9. The van der Waals surface area contributed by atoms with Gasteiger partial charge in [0.05, 0.1) is 16.4 Å². The van der Waals surface area contributed by atoms with Crippen molar-refractivity contribution in [3.8, 4) is 6.07 Å². The lowest BCUT2D eigenvalue weighted by atomic mass is 9.69. The third-order valence-electron chi connectivity index (χ3n) is 4.81. The summed E-state index contributed by atoms with van der Waals surface area (Å²) in [5.41, 5.74) is 0.312. The summed E-state index contributed by atoms with van der Waals surface area (Å²) < 4.78 is 27.7. The summed E-state index contributed by atoms with van der Waals surface area (Å²) in [7, 11) is -3.53.